The molecule has 0 bridgehead atoms. The molecule has 3 aromatic rings. The van der Waals surface area contributed by atoms with E-state index in [1.54, 1.807) is 6.07 Å². The van der Waals surface area contributed by atoms with Crippen LogP contribution in [0.3, 0.4) is 0 Å². The molecular weight excluding hydrogens is 382 g/mol. The number of anilines is 1. The van der Waals surface area contributed by atoms with Crippen molar-refractivity contribution in [2.24, 2.45) is 0 Å². The fourth-order valence-electron chi connectivity index (χ4n) is 3.05. The molecule has 0 aliphatic carbocycles. The lowest BCUT2D eigenvalue weighted by molar-refractivity contribution is 0.122. The van der Waals surface area contributed by atoms with Gasteiger partial charge in [-0.05, 0) is 25.1 Å². The van der Waals surface area contributed by atoms with Crippen molar-refractivity contribution in [3.8, 4) is 5.69 Å². The van der Waals surface area contributed by atoms with Crippen LogP contribution in [0, 0.1) is 18.6 Å². The van der Waals surface area contributed by atoms with Gasteiger partial charge in [-0.15, -0.1) is 10.2 Å². The van der Waals surface area contributed by atoms with Crippen molar-refractivity contribution in [3.63, 3.8) is 0 Å². The van der Waals surface area contributed by atoms with Crippen molar-refractivity contribution in [1.29, 1.82) is 0 Å². The Morgan fingerprint density at radius 3 is 2.54 bits per heavy atom. The Balaban J connectivity index is 1.67. The van der Waals surface area contributed by atoms with Crippen LogP contribution in [0.4, 0.5) is 14.7 Å². The number of nitrogens with zero attached hydrogens (tertiary/aromatic N) is 4. The maximum absolute atomic E-state index is 14.0. The van der Waals surface area contributed by atoms with E-state index in [2.05, 4.69) is 15.1 Å². The molecule has 1 saturated heterocycles. The number of aryl methyl sites for hydroxylation is 1. The van der Waals surface area contributed by atoms with E-state index in [1.807, 2.05) is 35.8 Å². The van der Waals surface area contributed by atoms with E-state index in [4.69, 9.17) is 4.74 Å². The first-order chi connectivity index (χ1) is 13.6. The highest BCUT2D eigenvalue weighted by Crippen LogP contribution is 2.30. The zero-order chi connectivity index (χ0) is 19.5. The molecule has 2 aromatic carbocycles. The van der Waals surface area contributed by atoms with E-state index in [9.17, 15) is 8.78 Å². The Bertz CT molecular complexity index is 955. The third-order valence-corrected chi connectivity index (χ3v) is 5.57. The van der Waals surface area contributed by atoms with Crippen LogP contribution in [0.2, 0.25) is 0 Å². The van der Waals surface area contributed by atoms with E-state index in [-0.39, 0.29) is 5.75 Å². The van der Waals surface area contributed by atoms with Crippen LogP contribution in [0.25, 0.3) is 5.69 Å². The van der Waals surface area contributed by atoms with Gasteiger partial charge in [0.2, 0.25) is 5.95 Å². The first-order valence-electron chi connectivity index (χ1n) is 9.04. The fraction of sp³-hybridized carbons (Fsp3) is 0.300. The zero-order valence-electron chi connectivity index (χ0n) is 15.4. The van der Waals surface area contributed by atoms with E-state index >= 15 is 0 Å². The molecule has 0 radical (unpaired) electrons. The molecule has 0 unspecified atom stereocenters. The second-order valence-corrected chi connectivity index (χ2v) is 7.50. The summed E-state index contributed by atoms with van der Waals surface area (Å²) < 4.78 is 34.9. The molecule has 0 saturated carbocycles. The first-order valence-corrected chi connectivity index (χ1v) is 10.0. The third kappa shape index (κ3) is 3.88. The summed E-state index contributed by atoms with van der Waals surface area (Å²) in [5.41, 5.74) is 2.39. The van der Waals surface area contributed by atoms with Gasteiger partial charge in [-0.2, -0.15) is 0 Å². The van der Waals surface area contributed by atoms with Gasteiger partial charge in [0.15, 0.2) is 16.8 Å². The maximum atomic E-state index is 14.0. The molecule has 1 fully saturated rings. The number of thioether (sulfide) groups is 1. The molecule has 1 aliphatic rings. The predicted molar refractivity (Wildman–Crippen MR) is 105 cm³/mol. The predicted octanol–water partition coefficient (Wildman–Crippen LogP) is 3.98. The fourth-order valence-corrected chi connectivity index (χ4v) is 3.97. The van der Waals surface area contributed by atoms with Crippen molar-refractivity contribution in [1.82, 2.24) is 14.8 Å². The number of morpholine rings is 1. The van der Waals surface area contributed by atoms with E-state index in [1.165, 1.54) is 17.8 Å². The lowest BCUT2D eigenvalue weighted by Gasteiger charge is -2.28. The minimum Gasteiger partial charge on any atom is -0.378 e. The molecule has 4 rings (SSSR count). The Labute approximate surface area is 166 Å². The number of halogens is 2. The topological polar surface area (TPSA) is 43.2 Å². The molecule has 1 aliphatic heterocycles. The van der Waals surface area contributed by atoms with Gasteiger partial charge < -0.3 is 9.64 Å². The van der Waals surface area contributed by atoms with Gasteiger partial charge in [0.05, 0.1) is 18.9 Å². The number of hydrogen-bond acceptors (Lipinski definition) is 5. The molecule has 1 aromatic heterocycles. The average Bonchev–Trinajstić information content (AvgIpc) is 3.14. The van der Waals surface area contributed by atoms with Crippen molar-refractivity contribution in [2.45, 2.75) is 17.8 Å². The molecule has 8 heteroatoms. The first kappa shape index (κ1) is 18.9. The van der Waals surface area contributed by atoms with Crippen LogP contribution >= 0.6 is 11.8 Å². The second-order valence-electron chi connectivity index (χ2n) is 6.55. The van der Waals surface area contributed by atoms with Crippen LogP contribution < -0.4 is 4.90 Å². The number of ether oxygens (including phenoxy) is 1. The lowest BCUT2D eigenvalue weighted by Crippen LogP contribution is -2.37. The van der Waals surface area contributed by atoms with Gasteiger partial charge in [0.1, 0.15) is 0 Å². The molecule has 0 N–H and O–H groups in total. The van der Waals surface area contributed by atoms with Crippen LogP contribution in [-0.4, -0.2) is 41.1 Å². The lowest BCUT2D eigenvalue weighted by atomic mass is 10.2. The van der Waals surface area contributed by atoms with E-state index in [0.29, 0.717) is 23.9 Å². The molecule has 2 heterocycles. The minimum atomic E-state index is -0.841. The van der Waals surface area contributed by atoms with Gasteiger partial charge in [0.25, 0.3) is 0 Å². The number of rotatable bonds is 5. The Hall–Kier alpha value is -2.45. The summed E-state index contributed by atoms with van der Waals surface area (Å²) in [5, 5.41) is 9.35. The Kier molecular flexibility index (Phi) is 5.59. The molecule has 0 amide bonds. The quantitative estimate of drug-likeness (QED) is 0.604. The van der Waals surface area contributed by atoms with Crippen LogP contribution in [0.1, 0.15) is 11.1 Å². The SMILES string of the molecule is Cc1ccc(-n2c(SCc3cccc(F)c3F)nnc2N2CCOCC2)cc1. The summed E-state index contributed by atoms with van der Waals surface area (Å²) in [6.45, 7) is 4.76. The van der Waals surface area contributed by atoms with Gasteiger partial charge in [-0.1, -0.05) is 41.6 Å². The third-order valence-electron chi connectivity index (χ3n) is 4.59. The zero-order valence-corrected chi connectivity index (χ0v) is 16.3. The smallest absolute Gasteiger partial charge is 0.232 e. The maximum Gasteiger partial charge on any atom is 0.232 e. The molecular formula is C20H20F2N4OS. The normalized spacial score (nSPS) is 14.5. The summed E-state index contributed by atoms with van der Waals surface area (Å²) in [7, 11) is 0. The van der Waals surface area contributed by atoms with Gasteiger partial charge in [-0.25, -0.2) is 8.78 Å². The minimum absolute atomic E-state index is 0.261. The van der Waals surface area contributed by atoms with Gasteiger partial charge in [0, 0.05) is 24.4 Å². The van der Waals surface area contributed by atoms with Crippen LogP contribution in [0.5, 0.6) is 0 Å². The van der Waals surface area contributed by atoms with Gasteiger partial charge >= 0.3 is 0 Å². The monoisotopic (exact) mass is 402 g/mol. The van der Waals surface area contributed by atoms with Gasteiger partial charge in [-0.3, -0.25) is 4.57 Å². The summed E-state index contributed by atoms with van der Waals surface area (Å²) in [6.07, 6.45) is 0. The summed E-state index contributed by atoms with van der Waals surface area (Å²) >= 11 is 1.33. The standard InChI is InChI=1S/C20H20F2N4OS/c1-14-5-7-16(8-6-14)26-19(25-9-11-27-12-10-25)23-24-20(26)28-13-15-3-2-4-17(21)18(15)22/h2-8H,9-13H2,1H3. The molecule has 0 atom stereocenters. The molecule has 146 valence electrons. The highest BCUT2D eigenvalue weighted by Gasteiger charge is 2.22. The highest BCUT2D eigenvalue weighted by molar-refractivity contribution is 7.98. The largest absolute Gasteiger partial charge is 0.378 e. The molecule has 5 nitrogen and oxygen atoms in total. The average molecular weight is 402 g/mol. The van der Waals surface area contributed by atoms with Crippen molar-refractivity contribution < 1.29 is 13.5 Å². The number of benzene rings is 2. The summed E-state index contributed by atoms with van der Waals surface area (Å²) in [5.74, 6) is -0.664. The number of hydrogen-bond donors (Lipinski definition) is 0. The second kappa shape index (κ2) is 8.28. The van der Waals surface area contributed by atoms with Crippen molar-refractivity contribution in [2.75, 3.05) is 31.2 Å². The Morgan fingerprint density at radius 2 is 1.79 bits per heavy atom. The van der Waals surface area contributed by atoms with E-state index in [0.717, 1.165) is 36.4 Å². The number of aromatic nitrogens is 3. The summed E-state index contributed by atoms with van der Waals surface area (Å²) in [6, 6.07) is 12.3. The molecule has 28 heavy (non-hydrogen) atoms. The Morgan fingerprint density at radius 1 is 1.04 bits per heavy atom. The van der Waals surface area contributed by atoms with Crippen LogP contribution in [0.15, 0.2) is 47.6 Å². The van der Waals surface area contributed by atoms with E-state index < -0.39 is 11.6 Å². The summed E-state index contributed by atoms with van der Waals surface area (Å²) in [4.78, 5) is 2.13. The van der Waals surface area contributed by atoms with Crippen molar-refractivity contribution >= 4 is 17.7 Å². The van der Waals surface area contributed by atoms with Crippen molar-refractivity contribution in [3.05, 3.63) is 65.2 Å². The van der Waals surface area contributed by atoms with Crippen LogP contribution in [-0.2, 0) is 10.5 Å². The highest BCUT2D eigenvalue weighted by atomic mass is 32.2. The molecule has 0 spiro atoms.